The van der Waals surface area contributed by atoms with E-state index in [0.717, 1.165) is 6.92 Å². The van der Waals surface area contributed by atoms with E-state index >= 15 is 0 Å². The maximum Gasteiger partial charge on any atom is 0.459 e. The molecule has 0 spiro atoms. The molecule has 0 aliphatic heterocycles. The molecule has 2 N–H and O–H groups in total. The fraction of sp³-hybridized carbons (Fsp3) is 1.00. The highest BCUT2D eigenvalue weighted by Gasteiger charge is 2.75. The second-order valence-electron chi connectivity index (χ2n) is 3.61. The summed E-state index contributed by atoms with van der Waals surface area (Å²) < 4.78 is 86.2. The van der Waals surface area contributed by atoms with Crippen molar-refractivity contribution in [2.75, 3.05) is 0 Å². The molecule has 0 fully saturated rings. The molecular formula is C8H13ClF7N. The molecule has 0 saturated heterocycles. The summed E-state index contributed by atoms with van der Waals surface area (Å²) in [4.78, 5) is 0. The van der Waals surface area contributed by atoms with Crippen LogP contribution in [0.2, 0.25) is 0 Å². The summed E-state index contributed by atoms with van der Waals surface area (Å²) in [5.41, 5.74) is 4.76. The van der Waals surface area contributed by atoms with Gasteiger partial charge in [-0.05, 0) is 5.92 Å². The van der Waals surface area contributed by atoms with Crippen LogP contribution in [0.25, 0.3) is 0 Å². The van der Waals surface area contributed by atoms with E-state index in [1.54, 1.807) is 0 Å². The summed E-state index contributed by atoms with van der Waals surface area (Å²) in [6, 6.07) is -2.55. The minimum Gasteiger partial charge on any atom is -0.322 e. The Morgan fingerprint density at radius 3 is 1.59 bits per heavy atom. The number of halogens is 8. The maximum absolute atomic E-state index is 12.9. The number of hydrogen-bond acceptors (Lipinski definition) is 1. The van der Waals surface area contributed by atoms with Crippen molar-refractivity contribution >= 4 is 12.4 Å². The largest absolute Gasteiger partial charge is 0.459 e. The lowest BCUT2D eigenvalue weighted by molar-refractivity contribution is -0.360. The normalized spacial score (nSPS) is 17.3. The number of nitrogens with two attached hydrogens (primary N) is 1. The van der Waals surface area contributed by atoms with Gasteiger partial charge in [-0.25, -0.2) is 0 Å². The zero-order valence-corrected chi connectivity index (χ0v) is 9.81. The third-order valence-corrected chi connectivity index (χ3v) is 2.45. The van der Waals surface area contributed by atoms with Gasteiger partial charge < -0.3 is 5.73 Å². The van der Waals surface area contributed by atoms with Gasteiger partial charge in [0.05, 0.1) is 6.04 Å². The molecule has 106 valence electrons. The minimum atomic E-state index is -6.32. The average molecular weight is 292 g/mol. The molecule has 0 radical (unpaired) electrons. The summed E-state index contributed by atoms with van der Waals surface area (Å²) >= 11 is 0. The van der Waals surface area contributed by atoms with Crippen molar-refractivity contribution in [3.05, 3.63) is 0 Å². The van der Waals surface area contributed by atoms with E-state index < -0.39 is 30.0 Å². The van der Waals surface area contributed by atoms with E-state index in [1.807, 2.05) is 0 Å². The fourth-order valence-electron chi connectivity index (χ4n) is 1.01. The zero-order chi connectivity index (χ0) is 13.4. The van der Waals surface area contributed by atoms with Crippen LogP contribution in [0.1, 0.15) is 20.3 Å². The lowest BCUT2D eigenvalue weighted by Crippen LogP contribution is -2.62. The number of rotatable bonds is 4. The van der Waals surface area contributed by atoms with E-state index in [1.165, 1.54) is 6.92 Å². The molecule has 9 heteroatoms. The maximum atomic E-state index is 12.9. The van der Waals surface area contributed by atoms with Crippen molar-refractivity contribution in [1.29, 1.82) is 0 Å². The highest BCUT2D eigenvalue weighted by molar-refractivity contribution is 5.85. The molecule has 0 amide bonds. The average Bonchev–Trinajstić information content (AvgIpc) is 2.13. The molecule has 1 unspecified atom stereocenters. The first kappa shape index (κ1) is 19.1. The Morgan fingerprint density at radius 1 is 1.00 bits per heavy atom. The van der Waals surface area contributed by atoms with Crippen LogP contribution in [-0.2, 0) is 0 Å². The first-order valence-corrected chi connectivity index (χ1v) is 4.47. The standard InChI is InChI=1S/C8H12F7N.ClH/c1-3-4(2)5(16)6(9,10)7(11,12)8(13,14)15;/h4-5H,3,16H2,1-2H3;1H/t4?,5-;/m0./s1. The van der Waals surface area contributed by atoms with Crippen molar-refractivity contribution in [3.8, 4) is 0 Å². The Labute approximate surface area is 99.9 Å². The Hall–Kier alpha value is -0.240. The summed E-state index contributed by atoms with van der Waals surface area (Å²) in [6.07, 6.45) is -6.34. The summed E-state index contributed by atoms with van der Waals surface area (Å²) in [5.74, 6) is -12.6. The Morgan fingerprint density at radius 2 is 1.35 bits per heavy atom. The van der Waals surface area contributed by atoms with Gasteiger partial charge in [-0.1, -0.05) is 20.3 Å². The van der Waals surface area contributed by atoms with Crippen molar-refractivity contribution in [1.82, 2.24) is 0 Å². The molecule has 17 heavy (non-hydrogen) atoms. The van der Waals surface area contributed by atoms with Gasteiger partial charge in [0.2, 0.25) is 0 Å². The van der Waals surface area contributed by atoms with Gasteiger partial charge >= 0.3 is 18.0 Å². The van der Waals surface area contributed by atoms with Gasteiger partial charge in [0.15, 0.2) is 0 Å². The van der Waals surface area contributed by atoms with E-state index in [0.29, 0.717) is 0 Å². The van der Waals surface area contributed by atoms with Gasteiger partial charge in [0.1, 0.15) is 0 Å². The van der Waals surface area contributed by atoms with Crippen LogP contribution in [-0.4, -0.2) is 24.1 Å². The lowest BCUT2D eigenvalue weighted by atomic mass is 9.91. The Bertz CT molecular complexity index is 241. The fourth-order valence-corrected chi connectivity index (χ4v) is 1.01. The van der Waals surface area contributed by atoms with Crippen molar-refractivity contribution in [2.24, 2.45) is 11.7 Å². The first-order chi connectivity index (χ1) is 6.89. The van der Waals surface area contributed by atoms with Gasteiger partial charge in [0, 0.05) is 0 Å². The van der Waals surface area contributed by atoms with Gasteiger partial charge in [-0.15, -0.1) is 12.4 Å². The lowest BCUT2D eigenvalue weighted by Gasteiger charge is -2.34. The molecule has 0 aromatic carbocycles. The summed E-state index contributed by atoms with van der Waals surface area (Å²) in [7, 11) is 0. The van der Waals surface area contributed by atoms with Crippen LogP contribution in [0.15, 0.2) is 0 Å². The predicted octanol–water partition coefficient (Wildman–Crippen LogP) is 3.61. The Kier molecular flexibility index (Phi) is 6.29. The first-order valence-electron chi connectivity index (χ1n) is 4.47. The number of alkyl halides is 7. The molecule has 0 rings (SSSR count). The minimum absolute atomic E-state index is 0. The molecule has 0 aromatic heterocycles. The van der Waals surface area contributed by atoms with Crippen molar-refractivity contribution < 1.29 is 30.7 Å². The van der Waals surface area contributed by atoms with Crippen LogP contribution in [0.5, 0.6) is 0 Å². The molecule has 1 nitrogen and oxygen atoms in total. The summed E-state index contributed by atoms with van der Waals surface area (Å²) in [6.45, 7) is 2.46. The second-order valence-corrected chi connectivity index (χ2v) is 3.61. The molecule has 0 aromatic rings. The molecule has 0 saturated carbocycles. The van der Waals surface area contributed by atoms with Gasteiger partial charge in [-0.2, -0.15) is 30.7 Å². The van der Waals surface area contributed by atoms with Gasteiger partial charge in [-0.3, -0.25) is 0 Å². The molecular weight excluding hydrogens is 279 g/mol. The van der Waals surface area contributed by atoms with Crippen LogP contribution in [0, 0.1) is 5.92 Å². The van der Waals surface area contributed by atoms with Crippen molar-refractivity contribution in [3.63, 3.8) is 0 Å². The predicted molar refractivity (Wildman–Crippen MR) is 50.6 cm³/mol. The quantitative estimate of drug-likeness (QED) is 0.787. The highest BCUT2D eigenvalue weighted by Crippen LogP contribution is 2.48. The van der Waals surface area contributed by atoms with Crippen LogP contribution in [0.3, 0.4) is 0 Å². The van der Waals surface area contributed by atoms with Crippen LogP contribution >= 0.6 is 12.4 Å². The third-order valence-electron chi connectivity index (χ3n) is 2.45. The third kappa shape index (κ3) is 3.37. The van der Waals surface area contributed by atoms with Crippen LogP contribution < -0.4 is 5.73 Å². The monoisotopic (exact) mass is 291 g/mol. The van der Waals surface area contributed by atoms with Crippen LogP contribution in [0.4, 0.5) is 30.7 Å². The zero-order valence-electron chi connectivity index (χ0n) is 8.99. The SMILES string of the molecule is CCC(C)[C@H](N)C(F)(F)C(F)(F)C(F)(F)F.Cl. The topological polar surface area (TPSA) is 26.0 Å². The molecule has 0 heterocycles. The Balaban J connectivity index is 0. The van der Waals surface area contributed by atoms with E-state index in [-0.39, 0.29) is 18.8 Å². The van der Waals surface area contributed by atoms with Gasteiger partial charge in [0.25, 0.3) is 0 Å². The molecule has 0 aliphatic carbocycles. The summed E-state index contributed by atoms with van der Waals surface area (Å²) in [5, 5.41) is 0. The molecule has 0 aliphatic rings. The van der Waals surface area contributed by atoms with E-state index in [9.17, 15) is 30.7 Å². The number of hydrogen-bond donors (Lipinski definition) is 1. The second kappa shape index (κ2) is 5.60. The molecule has 2 atom stereocenters. The van der Waals surface area contributed by atoms with E-state index in [2.05, 4.69) is 0 Å². The highest BCUT2D eigenvalue weighted by atomic mass is 35.5. The smallest absolute Gasteiger partial charge is 0.322 e. The van der Waals surface area contributed by atoms with Crippen molar-refractivity contribution in [2.45, 2.75) is 44.3 Å². The molecule has 0 bridgehead atoms. The van der Waals surface area contributed by atoms with E-state index in [4.69, 9.17) is 5.73 Å².